The molecule has 1 aromatic rings. The van der Waals surface area contributed by atoms with Crippen molar-refractivity contribution in [1.82, 2.24) is 5.32 Å². The van der Waals surface area contributed by atoms with E-state index in [1.807, 2.05) is 24.3 Å². The van der Waals surface area contributed by atoms with Crippen molar-refractivity contribution in [2.75, 3.05) is 0 Å². The first kappa shape index (κ1) is 11.2. The van der Waals surface area contributed by atoms with Crippen LogP contribution in [0.1, 0.15) is 37.8 Å². The first-order chi connectivity index (χ1) is 7.62. The largest absolute Gasteiger partial charge is 0.307 e. The highest BCUT2D eigenvalue weighted by molar-refractivity contribution is 5.31. The van der Waals surface area contributed by atoms with Crippen molar-refractivity contribution in [1.29, 1.82) is 5.26 Å². The van der Waals surface area contributed by atoms with Gasteiger partial charge in [-0.1, -0.05) is 12.1 Å². The van der Waals surface area contributed by atoms with Gasteiger partial charge < -0.3 is 5.32 Å². The van der Waals surface area contributed by atoms with Crippen LogP contribution >= 0.6 is 0 Å². The Morgan fingerprint density at radius 3 is 2.44 bits per heavy atom. The van der Waals surface area contributed by atoms with Gasteiger partial charge >= 0.3 is 0 Å². The number of nitrogens with zero attached hydrogens (tertiary/aromatic N) is 1. The minimum atomic E-state index is 0.244. The Bertz CT molecular complexity index is 394. The summed E-state index contributed by atoms with van der Waals surface area (Å²) in [6.45, 7) is 5.43. The van der Waals surface area contributed by atoms with Crippen LogP contribution in [0.25, 0.3) is 0 Å². The van der Waals surface area contributed by atoms with E-state index in [0.29, 0.717) is 0 Å². The molecule has 16 heavy (non-hydrogen) atoms. The van der Waals surface area contributed by atoms with Gasteiger partial charge in [0.2, 0.25) is 0 Å². The summed E-state index contributed by atoms with van der Waals surface area (Å²) in [4.78, 5) is 0. The van der Waals surface area contributed by atoms with E-state index in [1.165, 1.54) is 18.4 Å². The molecule has 2 rings (SSSR count). The molecule has 1 N–H and O–H groups in total. The molecular weight excluding hydrogens is 196 g/mol. The zero-order chi connectivity index (χ0) is 11.6. The van der Waals surface area contributed by atoms with Crippen LogP contribution in [0, 0.1) is 17.2 Å². The molecule has 1 saturated carbocycles. The summed E-state index contributed by atoms with van der Waals surface area (Å²) in [5.74, 6) is 0.839. The number of benzene rings is 1. The third-order valence-corrected chi connectivity index (χ3v) is 3.43. The summed E-state index contributed by atoms with van der Waals surface area (Å²) in [7, 11) is 0. The Balaban J connectivity index is 1.91. The highest BCUT2D eigenvalue weighted by Gasteiger charge is 2.36. The van der Waals surface area contributed by atoms with Gasteiger partial charge in [0.1, 0.15) is 0 Å². The molecule has 0 atom stereocenters. The monoisotopic (exact) mass is 214 g/mol. The molecule has 0 spiro atoms. The lowest BCUT2D eigenvalue weighted by atomic mass is 9.98. The molecule has 0 heterocycles. The number of nitriles is 1. The Kier molecular flexibility index (Phi) is 2.98. The number of hydrogen-bond donors (Lipinski definition) is 1. The fraction of sp³-hybridized carbons (Fsp3) is 0.500. The molecule has 84 valence electrons. The Hall–Kier alpha value is -1.33. The predicted octanol–water partition coefficient (Wildman–Crippen LogP) is 2.84. The highest BCUT2D eigenvalue weighted by atomic mass is 15.0. The summed E-state index contributed by atoms with van der Waals surface area (Å²) >= 11 is 0. The van der Waals surface area contributed by atoms with Crippen LogP contribution in [0.15, 0.2) is 24.3 Å². The minimum Gasteiger partial charge on any atom is -0.307 e. The molecule has 0 aliphatic heterocycles. The quantitative estimate of drug-likeness (QED) is 0.836. The van der Waals surface area contributed by atoms with E-state index >= 15 is 0 Å². The van der Waals surface area contributed by atoms with Crippen LogP contribution in [-0.2, 0) is 6.54 Å². The molecule has 0 aromatic heterocycles. The number of nitrogens with one attached hydrogen (secondary N) is 1. The molecule has 1 fully saturated rings. The van der Waals surface area contributed by atoms with Crippen molar-refractivity contribution in [3.8, 4) is 6.07 Å². The second kappa shape index (κ2) is 4.27. The lowest BCUT2D eigenvalue weighted by Gasteiger charge is -2.26. The average molecular weight is 214 g/mol. The van der Waals surface area contributed by atoms with E-state index in [9.17, 15) is 0 Å². The van der Waals surface area contributed by atoms with E-state index in [4.69, 9.17) is 5.26 Å². The molecule has 1 aliphatic carbocycles. The van der Waals surface area contributed by atoms with Crippen LogP contribution in [0.2, 0.25) is 0 Å². The van der Waals surface area contributed by atoms with Crippen molar-refractivity contribution < 1.29 is 0 Å². The van der Waals surface area contributed by atoms with Gasteiger partial charge in [-0.15, -0.1) is 0 Å². The van der Waals surface area contributed by atoms with E-state index in [0.717, 1.165) is 18.0 Å². The summed E-state index contributed by atoms with van der Waals surface area (Å²) in [6.07, 6.45) is 2.71. The standard InChI is InChI=1S/C14H18N2/c1-14(2,13-7-8-13)16-10-12-5-3-11(9-15)4-6-12/h3-6,13,16H,7-8,10H2,1-2H3. The van der Waals surface area contributed by atoms with Crippen LogP contribution in [0.5, 0.6) is 0 Å². The summed E-state index contributed by atoms with van der Waals surface area (Å²) in [5.41, 5.74) is 2.21. The van der Waals surface area contributed by atoms with Crippen LogP contribution in [0.3, 0.4) is 0 Å². The summed E-state index contributed by atoms with van der Waals surface area (Å²) < 4.78 is 0. The van der Waals surface area contributed by atoms with Crippen molar-refractivity contribution in [2.45, 2.75) is 38.8 Å². The zero-order valence-corrected chi connectivity index (χ0v) is 9.96. The van der Waals surface area contributed by atoms with Crippen molar-refractivity contribution in [2.24, 2.45) is 5.92 Å². The van der Waals surface area contributed by atoms with Crippen LogP contribution in [0.4, 0.5) is 0 Å². The lowest BCUT2D eigenvalue weighted by Crippen LogP contribution is -2.40. The molecule has 1 aliphatic rings. The Labute approximate surface area is 97.3 Å². The molecule has 2 heteroatoms. The molecule has 1 aromatic carbocycles. The van der Waals surface area contributed by atoms with Crippen molar-refractivity contribution in [3.63, 3.8) is 0 Å². The summed E-state index contributed by atoms with van der Waals surface area (Å²) in [6, 6.07) is 9.93. The fourth-order valence-corrected chi connectivity index (χ4v) is 1.98. The molecule has 2 nitrogen and oxygen atoms in total. The molecular formula is C14H18N2. The Morgan fingerprint density at radius 2 is 1.94 bits per heavy atom. The fourth-order valence-electron chi connectivity index (χ4n) is 1.98. The smallest absolute Gasteiger partial charge is 0.0991 e. The molecule has 0 saturated heterocycles. The Morgan fingerprint density at radius 1 is 1.31 bits per heavy atom. The van der Waals surface area contributed by atoms with Gasteiger partial charge in [0, 0.05) is 12.1 Å². The first-order valence-electron chi connectivity index (χ1n) is 5.86. The zero-order valence-electron chi connectivity index (χ0n) is 9.96. The number of rotatable bonds is 4. The maximum atomic E-state index is 8.70. The van der Waals surface area contributed by atoms with Gasteiger partial charge in [0.05, 0.1) is 11.6 Å². The third kappa shape index (κ3) is 2.62. The SMILES string of the molecule is CC(C)(NCc1ccc(C#N)cc1)C1CC1. The van der Waals surface area contributed by atoms with Crippen molar-refractivity contribution in [3.05, 3.63) is 35.4 Å². The molecule has 0 radical (unpaired) electrons. The third-order valence-electron chi connectivity index (χ3n) is 3.43. The molecule has 0 amide bonds. The maximum Gasteiger partial charge on any atom is 0.0991 e. The van der Waals surface area contributed by atoms with E-state index in [-0.39, 0.29) is 5.54 Å². The van der Waals surface area contributed by atoms with Gasteiger partial charge in [-0.2, -0.15) is 5.26 Å². The molecule has 0 unspecified atom stereocenters. The van der Waals surface area contributed by atoms with Crippen LogP contribution < -0.4 is 5.32 Å². The maximum absolute atomic E-state index is 8.70. The van der Waals surface area contributed by atoms with E-state index in [2.05, 4.69) is 25.2 Å². The number of hydrogen-bond acceptors (Lipinski definition) is 2. The normalized spacial score (nSPS) is 15.8. The van der Waals surface area contributed by atoms with Crippen molar-refractivity contribution >= 4 is 0 Å². The second-order valence-electron chi connectivity index (χ2n) is 5.16. The topological polar surface area (TPSA) is 35.8 Å². The molecule has 0 bridgehead atoms. The summed E-state index contributed by atoms with van der Waals surface area (Å²) in [5, 5.41) is 12.3. The van der Waals surface area contributed by atoms with Gasteiger partial charge in [-0.25, -0.2) is 0 Å². The predicted molar refractivity (Wildman–Crippen MR) is 64.8 cm³/mol. The average Bonchev–Trinajstić information content (AvgIpc) is 3.11. The minimum absolute atomic E-state index is 0.244. The highest BCUT2D eigenvalue weighted by Crippen LogP contribution is 2.39. The first-order valence-corrected chi connectivity index (χ1v) is 5.86. The van der Waals surface area contributed by atoms with E-state index < -0.39 is 0 Å². The second-order valence-corrected chi connectivity index (χ2v) is 5.16. The van der Waals surface area contributed by atoms with Gasteiger partial charge in [0.15, 0.2) is 0 Å². The van der Waals surface area contributed by atoms with Gasteiger partial charge in [-0.05, 0) is 50.3 Å². The lowest BCUT2D eigenvalue weighted by molar-refractivity contribution is 0.339. The van der Waals surface area contributed by atoms with E-state index in [1.54, 1.807) is 0 Å². The van der Waals surface area contributed by atoms with Gasteiger partial charge in [0.25, 0.3) is 0 Å². The van der Waals surface area contributed by atoms with Gasteiger partial charge in [-0.3, -0.25) is 0 Å². The van der Waals surface area contributed by atoms with Crippen LogP contribution in [-0.4, -0.2) is 5.54 Å².